The molecule has 0 bridgehead atoms. The van der Waals surface area contributed by atoms with Crippen LogP contribution in [0.2, 0.25) is 5.28 Å². The van der Waals surface area contributed by atoms with Gasteiger partial charge in [0.2, 0.25) is 5.28 Å². The Kier molecular flexibility index (Phi) is 7.42. The maximum absolute atomic E-state index is 6.08. The van der Waals surface area contributed by atoms with Crippen LogP contribution in [0.5, 0.6) is 0 Å². The van der Waals surface area contributed by atoms with Crippen molar-refractivity contribution in [1.82, 2.24) is 40.3 Å². The monoisotopic (exact) mass is 626 g/mol. The minimum atomic E-state index is 0.229. The molecule has 0 fully saturated rings. The van der Waals surface area contributed by atoms with Gasteiger partial charge in [0.1, 0.15) is 17.5 Å². The van der Waals surface area contributed by atoms with Crippen molar-refractivity contribution in [3.8, 4) is 0 Å². The Morgan fingerprint density at radius 1 is 0.543 bits per heavy atom. The van der Waals surface area contributed by atoms with Gasteiger partial charge in [-0.1, -0.05) is 0 Å². The summed E-state index contributed by atoms with van der Waals surface area (Å²) in [5, 5.41) is 25.1. The summed E-state index contributed by atoms with van der Waals surface area (Å²) in [6.07, 6.45) is 3.61. The molecule has 228 valence electrons. The lowest BCUT2D eigenvalue weighted by atomic mass is 10.1. The number of anilines is 4. The molecule has 0 aliphatic heterocycles. The van der Waals surface area contributed by atoms with Crippen molar-refractivity contribution in [3.63, 3.8) is 0 Å². The lowest BCUT2D eigenvalue weighted by Crippen LogP contribution is -2.00. The fourth-order valence-electron chi connectivity index (χ4n) is 5.37. The number of nitrogens with zero attached hydrogens (tertiary/aromatic N) is 6. The Bertz CT molecular complexity index is 2240. The second-order valence-electron chi connectivity index (χ2n) is 11.5. The number of rotatable bonds is 4. The molecular weight excluding hydrogens is 596 g/mol. The number of H-pyrrole nitrogens is 2. The van der Waals surface area contributed by atoms with E-state index in [1.807, 2.05) is 49.5 Å². The summed E-state index contributed by atoms with van der Waals surface area (Å²) >= 11 is 6.08. The number of aromatic amines is 2. The fourth-order valence-corrected chi connectivity index (χ4v) is 5.54. The Balaban J connectivity index is 0.000000147. The molecule has 46 heavy (non-hydrogen) atoms. The van der Waals surface area contributed by atoms with E-state index in [4.69, 9.17) is 11.6 Å². The first-order valence-corrected chi connectivity index (χ1v) is 15.2. The van der Waals surface area contributed by atoms with Gasteiger partial charge in [0.25, 0.3) is 0 Å². The molecule has 0 aliphatic carbocycles. The highest BCUT2D eigenvalue weighted by molar-refractivity contribution is 6.28. The molecule has 11 heteroatoms. The fraction of sp³-hybridized carbons (Fsp3) is 0.143. The summed E-state index contributed by atoms with van der Waals surface area (Å²) < 4.78 is 0. The quantitative estimate of drug-likeness (QED) is 0.143. The molecule has 0 aliphatic rings. The third-order valence-corrected chi connectivity index (χ3v) is 8.28. The molecular formula is C35H31ClN10. The van der Waals surface area contributed by atoms with Crippen LogP contribution in [-0.2, 0) is 0 Å². The minimum absolute atomic E-state index is 0.229. The molecule has 4 heterocycles. The Labute approximate surface area is 269 Å². The molecule has 4 aromatic heterocycles. The molecule has 8 rings (SSSR count). The second-order valence-corrected chi connectivity index (χ2v) is 11.8. The first-order valence-electron chi connectivity index (χ1n) is 14.8. The van der Waals surface area contributed by atoms with Gasteiger partial charge in [-0.15, -0.1) is 0 Å². The Morgan fingerprint density at radius 3 is 1.57 bits per heavy atom. The maximum atomic E-state index is 6.08. The standard InChI is InChI=1S/C18H17N5.C17H14ClN5/c1-10-6-15-17(7-11(10)2)20-12(3)21-18(15)22-14-4-5-16-13(8-14)9-19-23-16;1-9-5-13-15(6-10(9)2)21-17(18)22-16(13)20-12-3-4-14-11(7-12)8-19-23-14/h4-9H,1-3H3,(H,19,23)(H,20,21,22);3-8H,1-2H3,(H,19,23)(H,20,21,22). The molecule has 0 saturated carbocycles. The van der Waals surface area contributed by atoms with Crippen LogP contribution in [0.25, 0.3) is 43.6 Å². The van der Waals surface area contributed by atoms with E-state index in [2.05, 4.69) is 103 Å². The first-order chi connectivity index (χ1) is 22.2. The van der Waals surface area contributed by atoms with E-state index in [1.165, 1.54) is 22.3 Å². The Morgan fingerprint density at radius 2 is 1.02 bits per heavy atom. The second kappa shape index (κ2) is 11.7. The summed E-state index contributed by atoms with van der Waals surface area (Å²) in [6, 6.07) is 20.4. The van der Waals surface area contributed by atoms with Crippen LogP contribution in [-0.4, -0.2) is 40.3 Å². The van der Waals surface area contributed by atoms with E-state index in [9.17, 15) is 0 Å². The highest BCUT2D eigenvalue weighted by Crippen LogP contribution is 2.30. The zero-order valence-electron chi connectivity index (χ0n) is 26.0. The summed E-state index contributed by atoms with van der Waals surface area (Å²) in [6.45, 7) is 10.3. The van der Waals surface area contributed by atoms with Crippen LogP contribution in [0, 0.1) is 34.6 Å². The normalized spacial score (nSPS) is 11.3. The smallest absolute Gasteiger partial charge is 0.224 e. The minimum Gasteiger partial charge on any atom is -0.340 e. The molecule has 0 radical (unpaired) electrons. The van der Waals surface area contributed by atoms with E-state index in [0.717, 1.165) is 66.6 Å². The summed E-state index contributed by atoms with van der Waals surface area (Å²) in [4.78, 5) is 17.8. The topological polar surface area (TPSA) is 133 Å². The predicted molar refractivity (Wildman–Crippen MR) is 187 cm³/mol. The Hall–Kier alpha value is -5.61. The summed E-state index contributed by atoms with van der Waals surface area (Å²) in [5.41, 5.74) is 10.6. The van der Waals surface area contributed by atoms with Gasteiger partial charge in [0.05, 0.1) is 34.5 Å². The van der Waals surface area contributed by atoms with Crippen molar-refractivity contribution in [1.29, 1.82) is 0 Å². The third-order valence-electron chi connectivity index (χ3n) is 8.11. The average Bonchev–Trinajstić information content (AvgIpc) is 3.69. The van der Waals surface area contributed by atoms with Gasteiger partial charge in [0.15, 0.2) is 0 Å². The van der Waals surface area contributed by atoms with Crippen molar-refractivity contribution in [2.24, 2.45) is 0 Å². The zero-order valence-corrected chi connectivity index (χ0v) is 26.7. The van der Waals surface area contributed by atoms with Gasteiger partial charge in [-0.2, -0.15) is 15.2 Å². The van der Waals surface area contributed by atoms with Crippen molar-refractivity contribution in [2.75, 3.05) is 10.6 Å². The number of hydrogen-bond acceptors (Lipinski definition) is 8. The van der Waals surface area contributed by atoms with Crippen LogP contribution < -0.4 is 10.6 Å². The average molecular weight is 627 g/mol. The lowest BCUT2D eigenvalue weighted by molar-refractivity contribution is 1.09. The molecule has 10 nitrogen and oxygen atoms in total. The number of nitrogens with one attached hydrogen (secondary N) is 4. The van der Waals surface area contributed by atoms with Crippen LogP contribution in [0.1, 0.15) is 28.1 Å². The molecule has 0 atom stereocenters. The molecule has 0 unspecified atom stereocenters. The van der Waals surface area contributed by atoms with Crippen LogP contribution in [0.4, 0.5) is 23.0 Å². The zero-order chi connectivity index (χ0) is 31.9. The molecule has 4 N–H and O–H groups in total. The van der Waals surface area contributed by atoms with E-state index in [-0.39, 0.29) is 5.28 Å². The molecule has 8 aromatic rings. The number of halogens is 1. The molecule has 0 saturated heterocycles. The van der Waals surface area contributed by atoms with Gasteiger partial charge >= 0.3 is 0 Å². The third kappa shape index (κ3) is 5.78. The lowest BCUT2D eigenvalue weighted by Gasteiger charge is -2.11. The maximum Gasteiger partial charge on any atom is 0.224 e. The van der Waals surface area contributed by atoms with Gasteiger partial charge in [-0.3, -0.25) is 10.2 Å². The van der Waals surface area contributed by atoms with Gasteiger partial charge < -0.3 is 10.6 Å². The summed E-state index contributed by atoms with van der Waals surface area (Å²) in [5.74, 6) is 2.29. The highest BCUT2D eigenvalue weighted by Gasteiger charge is 2.11. The number of aromatic nitrogens is 8. The van der Waals surface area contributed by atoms with Gasteiger partial charge in [-0.05, 0) is 129 Å². The number of hydrogen-bond donors (Lipinski definition) is 4. The molecule has 4 aromatic carbocycles. The molecule has 0 amide bonds. The van der Waals surface area contributed by atoms with Crippen molar-refractivity contribution in [3.05, 3.63) is 106 Å². The SMILES string of the molecule is Cc1cc2nc(Cl)nc(Nc3ccc4[nH]ncc4c3)c2cc1C.Cc1nc(Nc2ccc3[nH]ncc3c2)c2cc(C)c(C)cc2n1. The van der Waals surface area contributed by atoms with Crippen LogP contribution in [0.3, 0.4) is 0 Å². The number of benzene rings is 4. The van der Waals surface area contributed by atoms with E-state index in [1.54, 1.807) is 6.20 Å². The van der Waals surface area contributed by atoms with E-state index in [0.29, 0.717) is 5.82 Å². The summed E-state index contributed by atoms with van der Waals surface area (Å²) in [7, 11) is 0. The van der Waals surface area contributed by atoms with Crippen molar-refractivity contribution >= 4 is 78.2 Å². The van der Waals surface area contributed by atoms with E-state index >= 15 is 0 Å². The number of aryl methyl sites for hydroxylation is 5. The number of fused-ring (bicyclic) bond motifs is 4. The van der Waals surface area contributed by atoms with Gasteiger partial charge in [0, 0.05) is 32.9 Å². The largest absolute Gasteiger partial charge is 0.340 e. The van der Waals surface area contributed by atoms with Gasteiger partial charge in [-0.25, -0.2) is 15.0 Å². The highest BCUT2D eigenvalue weighted by atomic mass is 35.5. The first kappa shape index (κ1) is 29.1. The predicted octanol–water partition coefficient (Wildman–Crippen LogP) is 8.69. The van der Waals surface area contributed by atoms with Crippen LogP contribution in [0.15, 0.2) is 73.1 Å². The van der Waals surface area contributed by atoms with Crippen molar-refractivity contribution in [2.45, 2.75) is 34.6 Å². The molecule has 0 spiro atoms. The van der Waals surface area contributed by atoms with E-state index < -0.39 is 0 Å². The van der Waals surface area contributed by atoms with Crippen LogP contribution >= 0.6 is 11.6 Å². The van der Waals surface area contributed by atoms with Crippen molar-refractivity contribution < 1.29 is 0 Å².